The van der Waals surface area contributed by atoms with Crippen molar-refractivity contribution >= 4 is 5.78 Å². The van der Waals surface area contributed by atoms with Gasteiger partial charge in [-0.15, -0.1) is 0 Å². The summed E-state index contributed by atoms with van der Waals surface area (Å²) in [6, 6.07) is 0. The topological polar surface area (TPSA) is 121 Å². The fraction of sp³-hybridized carbons (Fsp3) is 0.944. The van der Waals surface area contributed by atoms with Gasteiger partial charge in [0.15, 0.2) is 0 Å². The average molecular weight is 327 g/mol. The molecule has 23 heavy (non-hydrogen) atoms. The Morgan fingerprint density at radius 1 is 0.652 bits per heavy atom. The summed E-state index contributed by atoms with van der Waals surface area (Å²) >= 11 is 0. The Morgan fingerprint density at radius 2 is 0.957 bits per heavy atom. The highest BCUT2D eigenvalue weighted by atomic mass is 16.1. The van der Waals surface area contributed by atoms with E-state index in [0.29, 0.717) is 32.0 Å². The summed E-state index contributed by atoms with van der Waals surface area (Å²) in [7, 11) is 0. The fourth-order valence-corrected chi connectivity index (χ4v) is 4.52. The van der Waals surface area contributed by atoms with Gasteiger partial charge in [-0.2, -0.15) is 0 Å². The molecule has 0 radical (unpaired) electrons. The minimum absolute atomic E-state index is 0.208. The van der Waals surface area contributed by atoms with Crippen molar-refractivity contribution in [3.8, 4) is 0 Å². The monoisotopic (exact) mass is 326 g/mol. The van der Waals surface area contributed by atoms with Crippen molar-refractivity contribution in [1.29, 1.82) is 0 Å². The van der Waals surface area contributed by atoms with E-state index in [1.807, 2.05) is 0 Å². The van der Waals surface area contributed by atoms with Crippen molar-refractivity contribution in [2.45, 2.75) is 70.6 Å². The molecule has 5 nitrogen and oxygen atoms in total. The minimum Gasteiger partial charge on any atom is -0.330 e. The first-order valence-electron chi connectivity index (χ1n) is 9.46. The van der Waals surface area contributed by atoms with Gasteiger partial charge >= 0.3 is 0 Å². The van der Waals surface area contributed by atoms with Crippen LogP contribution >= 0.6 is 0 Å². The van der Waals surface area contributed by atoms with Gasteiger partial charge < -0.3 is 22.9 Å². The summed E-state index contributed by atoms with van der Waals surface area (Å²) < 4.78 is 0. The summed E-state index contributed by atoms with van der Waals surface area (Å²) in [6.45, 7) is 2.60. The Morgan fingerprint density at radius 3 is 1.22 bits per heavy atom. The third kappa shape index (κ3) is 5.24. The van der Waals surface area contributed by atoms with E-state index < -0.39 is 0 Å². The van der Waals surface area contributed by atoms with Gasteiger partial charge in [-0.3, -0.25) is 4.79 Å². The van der Waals surface area contributed by atoms with Crippen molar-refractivity contribution in [3.63, 3.8) is 0 Å². The van der Waals surface area contributed by atoms with Crippen molar-refractivity contribution in [3.05, 3.63) is 0 Å². The number of hydrogen-bond donors (Lipinski definition) is 4. The van der Waals surface area contributed by atoms with Crippen LogP contribution in [0.1, 0.15) is 70.6 Å². The molecular formula is C18H38N4O. The van der Waals surface area contributed by atoms with Crippen LogP contribution in [0.5, 0.6) is 0 Å². The Hall–Kier alpha value is -0.490. The molecule has 0 atom stereocenters. The van der Waals surface area contributed by atoms with Crippen LogP contribution in [0.3, 0.4) is 0 Å². The molecule has 0 heterocycles. The lowest BCUT2D eigenvalue weighted by Gasteiger charge is -2.47. The number of ketones is 1. The fourth-order valence-electron chi connectivity index (χ4n) is 4.52. The molecule has 0 amide bonds. The molecule has 0 spiro atoms. The molecule has 1 rings (SSSR count). The van der Waals surface area contributed by atoms with Crippen LogP contribution in [0.4, 0.5) is 0 Å². The number of carbonyl (C=O) groups is 1. The van der Waals surface area contributed by atoms with Crippen LogP contribution in [-0.2, 0) is 4.79 Å². The van der Waals surface area contributed by atoms with Crippen LogP contribution < -0.4 is 22.9 Å². The summed E-state index contributed by atoms with van der Waals surface area (Å²) in [5.74, 6) is 0.472. The predicted molar refractivity (Wildman–Crippen MR) is 96.9 cm³/mol. The summed E-state index contributed by atoms with van der Waals surface area (Å²) in [5.41, 5.74) is 22.5. The third-order valence-corrected chi connectivity index (χ3v) is 5.71. The standard InChI is InChI=1S/C18H38N4O/c19-12-2-8-17(9-3-13-20)6-1-7-18(16(17)23,10-4-14-21)11-5-15-22/h1-15,19-22H2. The summed E-state index contributed by atoms with van der Waals surface area (Å²) in [5, 5.41) is 0. The number of hydrogen-bond acceptors (Lipinski definition) is 5. The van der Waals surface area contributed by atoms with Gasteiger partial charge in [-0.1, -0.05) is 6.42 Å². The van der Waals surface area contributed by atoms with Crippen molar-refractivity contribution in [1.82, 2.24) is 0 Å². The second kappa shape index (κ2) is 10.4. The largest absolute Gasteiger partial charge is 0.330 e. The van der Waals surface area contributed by atoms with E-state index in [4.69, 9.17) is 22.9 Å². The van der Waals surface area contributed by atoms with E-state index in [9.17, 15) is 4.79 Å². The number of Topliss-reactive ketones (excluding diaryl/α,β-unsaturated/α-hetero) is 1. The first-order valence-corrected chi connectivity index (χ1v) is 9.46. The lowest BCUT2D eigenvalue weighted by Crippen LogP contribution is -2.48. The number of rotatable bonds is 12. The summed E-state index contributed by atoms with van der Waals surface area (Å²) in [6.07, 6.45) is 10.4. The molecule has 8 N–H and O–H groups in total. The molecule has 0 bridgehead atoms. The van der Waals surface area contributed by atoms with Crippen molar-refractivity contribution in [2.24, 2.45) is 33.8 Å². The van der Waals surface area contributed by atoms with Gasteiger partial charge in [-0.05, 0) is 90.4 Å². The normalized spacial score (nSPS) is 19.9. The van der Waals surface area contributed by atoms with Gasteiger partial charge in [-0.25, -0.2) is 0 Å². The van der Waals surface area contributed by atoms with Crippen molar-refractivity contribution in [2.75, 3.05) is 26.2 Å². The Kier molecular flexibility index (Phi) is 9.29. The number of nitrogens with two attached hydrogens (primary N) is 4. The van der Waals surface area contributed by atoms with Gasteiger partial charge in [0.2, 0.25) is 0 Å². The number of carbonyl (C=O) groups excluding carboxylic acids is 1. The van der Waals surface area contributed by atoms with E-state index in [0.717, 1.165) is 70.6 Å². The molecule has 0 aromatic carbocycles. The zero-order valence-electron chi connectivity index (χ0n) is 14.8. The Balaban J connectivity index is 3.02. The molecule has 5 heteroatoms. The Labute approximate surface area is 141 Å². The molecule has 0 aliphatic heterocycles. The smallest absolute Gasteiger partial charge is 0.145 e. The molecular weight excluding hydrogens is 288 g/mol. The molecule has 0 unspecified atom stereocenters. The quantitative estimate of drug-likeness (QED) is 0.434. The molecule has 0 saturated heterocycles. The Bertz CT molecular complexity index is 300. The third-order valence-electron chi connectivity index (χ3n) is 5.71. The highest BCUT2D eigenvalue weighted by molar-refractivity contribution is 5.91. The van der Waals surface area contributed by atoms with E-state index in [1.54, 1.807) is 0 Å². The van der Waals surface area contributed by atoms with E-state index in [1.165, 1.54) is 0 Å². The maximum atomic E-state index is 13.6. The summed E-state index contributed by atoms with van der Waals surface area (Å²) in [4.78, 5) is 13.6. The van der Waals surface area contributed by atoms with E-state index in [2.05, 4.69) is 0 Å². The van der Waals surface area contributed by atoms with Crippen LogP contribution in [0, 0.1) is 10.8 Å². The van der Waals surface area contributed by atoms with Gasteiger partial charge in [0, 0.05) is 10.8 Å². The first kappa shape index (κ1) is 20.6. The van der Waals surface area contributed by atoms with Crippen LogP contribution in [0.2, 0.25) is 0 Å². The maximum absolute atomic E-state index is 13.6. The molecule has 1 aliphatic rings. The molecule has 1 aliphatic carbocycles. The lowest BCUT2D eigenvalue weighted by atomic mass is 9.55. The van der Waals surface area contributed by atoms with Crippen molar-refractivity contribution < 1.29 is 4.79 Å². The maximum Gasteiger partial charge on any atom is 0.145 e. The molecule has 0 aromatic rings. The first-order chi connectivity index (χ1) is 11.1. The zero-order chi connectivity index (χ0) is 17.2. The highest BCUT2D eigenvalue weighted by Crippen LogP contribution is 2.52. The predicted octanol–water partition coefficient (Wildman–Crippen LogP) is 1.67. The van der Waals surface area contributed by atoms with Crippen LogP contribution in [0.15, 0.2) is 0 Å². The van der Waals surface area contributed by atoms with E-state index in [-0.39, 0.29) is 10.8 Å². The zero-order valence-corrected chi connectivity index (χ0v) is 14.8. The second-order valence-electron chi connectivity index (χ2n) is 7.31. The van der Waals surface area contributed by atoms with Crippen LogP contribution in [-0.4, -0.2) is 32.0 Å². The van der Waals surface area contributed by atoms with E-state index >= 15 is 0 Å². The van der Waals surface area contributed by atoms with Crippen LogP contribution in [0.25, 0.3) is 0 Å². The average Bonchev–Trinajstić information content (AvgIpc) is 2.58. The molecule has 1 saturated carbocycles. The molecule has 0 aromatic heterocycles. The molecule has 136 valence electrons. The SMILES string of the molecule is NCCCC1(CCCN)CCCC(CCCN)(CCCN)C1=O. The lowest BCUT2D eigenvalue weighted by molar-refractivity contribution is -0.146. The molecule has 1 fully saturated rings. The van der Waals surface area contributed by atoms with Gasteiger partial charge in [0.1, 0.15) is 5.78 Å². The van der Waals surface area contributed by atoms with Gasteiger partial charge in [0.05, 0.1) is 0 Å². The minimum atomic E-state index is -0.208. The second-order valence-corrected chi connectivity index (χ2v) is 7.31. The highest BCUT2D eigenvalue weighted by Gasteiger charge is 2.51. The van der Waals surface area contributed by atoms with Gasteiger partial charge in [0.25, 0.3) is 0 Å².